The van der Waals surface area contributed by atoms with Crippen molar-refractivity contribution in [3.8, 4) is 0 Å². The molecule has 4 aromatic carbocycles. The van der Waals surface area contributed by atoms with Crippen molar-refractivity contribution in [1.29, 1.82) is 0 Å². The van der Waals surface area contributed by atoms with Gasteiger partial charge in [-0.2, -0.15) is 0 Å². The van der Waals surface area contributed by atoms with Crippen LogP contribution in [0, 0.1) is 23.7 Å². The standard InChI is InChI=1S/C40H44N4/c41-36-23-19-34(20-24-36)40(33-17-15-32(16-18-33)29-43-38-9-5-2-6-10-38)35-21-25-39(26-22-35)44-28-31-13-11-30(12-14-31)27-42-37-7-3-1-4-8-37/h1-10,19-33,40H,11-18,41H2/b42-27+,43-29+,44-28+. The Labute approximate surface area is 262 Å². The first-order chi connectivity index (χ1) is 21.7. The summed E-state index contributed by atoms with van der Waals surface area (Å²) in [6.45, 7) is 0. The summed E-state index contributed by atoms with van der Waals surface area (Å²) in [4.78, 5) is 14.3. The fraction of sp³-hybridized carbons (Fsp3) is 0.325. The highest BCUT2D eigenvalue weighted by Gasteiger charge is 2.29. The van der Waals surface area contributed by atoms with E-state index >= 15 is 0 Å². The number of nitrogens with zero attached hydrogens (tertiary/aromatic N) is 3. The molecule has 0 radical (unpaired) electrons. The van der Waals surface area contributed by atoms with E-state index in [-0.39, 0.29) is 0 Å². The molecule has 6 rings (SSSR count). The molecular formula is C40H44N4. The van der Waals surface area contributed by atoms with E-state index in [4.69, 9.17) is 15.7 Å². The molecule has 1 unspecified atom stereocenters. The summed E-state index contributed by atoms with van der Waals surface area (Å²) in [7, 11) is 0. The van der Waals surface area contributed by atoms with Crippen LogP contribution < -0.4 is 5.73 Å². The fourth-order valence-electron chi connectivity index (χ4n) is 6.88. The zero-order chi connectivity index (χ0) is 30.0. The highest BCUT2D eigenvalue weighted by atomic mass is 14.7. The van der Waals surface area contributed by atoms with Crippen LogP contribution in [0.1, 0.15) is 68.4 Å². The van der Waals surface area contributed by atoms with E-state index in [2.05, 4.69) is 84.3 Å². The Morgan fingerprint density at radius 1 is 0.455 bits per heavy atom. The number of para-hydroxylation sites is 2. The van der Waals surface area contributed by atoms with Crippen molar-refractivity contribution < 1.29 is 0 Å². The van der Waals surface area contributed by atoms with Gasteiger partial charge in [0.05, 0.1) is 17.1 Å². The number of nitrogen functional groups attached to an aromatic ring is 1. The van der Waals surface area contributed by atoms with Crippen molar-refractivity contribution in [3.05, 3.63) is 120 Å². The lowest BCUT2D eigenvalue weighted by Crippen LogP contribution is -2.22. The molecule has 0 heterocycles. The van der Waals surface area contributed by atoms with E-state index in [1.807, 2.05) is 48.5 Å². The maximum absolute atomic E-state index is 6.07. The van der Waals surface area contributed by atoms with Crippen LogP contribution in [0.5, 0.6) is 0 Å². The molecule has 0 bridgehead atoms. The van der Waals surface area contributed by atoms with Crippen molar-refractivity contribution in [2.75, 3.05) is 5.73 Å². The molecule has 4 heteroatoms. The van der Waals surface area contributed by atoms with Crippen LogP contribution in [0.15, 0.2) is 124 Å². The maximum atomic E-state index is 6.07. The summed E-state index contributed by atoms with van der Waals surface area (Å²) in [5, 5.41) is 0. The molecule has 2 fully saturated rings. The van der Waals surface area contributed by atoms with E-state index in [0.29, 0.717) is 29.6 Å². The van der Waals surface area contributed by atoms with Gasteiger partial charge in [-0.1, -0.05) is 60.7 Å². The molecule has 2 N–H and O–H groups in total. The smallest absolute Gasteiger partial charge is 0.0626 e. The minimum absolute atomic E-state index is 0.355. The molecule has 4 aromatic rings. The van der Waals surface area contributed by atoms with Gasteiger partial charge in [-0.05, 0) is 135 Å². The van der Waals surface area contributed by atoms with Gasteiger partial charge in [0.15, 0.2) is 0 Å². The second kappa shape index (κ2) is 14.9. The second-order valence-electron chi connectivity index (χ2n) is 12.6. The van der Waals surface area contributed by atoms with Gasteiger partial charge >= 0.3 is 0 Å². The van der Waals surface area contributed by atoms with Gasteiger partial charge < -0.3 is 5.73 Å². The number of hydrogen-bond acceptors (Lipinski definition) is 4. The zero-order valence-electron chi connectivity index (χ0n) is 25.6. The van der Waals surface area contributed by atoms with Gasteiger partial charge in [-0.15, -0.1) is 0 Å². The van der Waals surface area contributed by atoms with Crippen LogP contribution in [0.2, 0.25) is 0 Å². The number of nitrogens with two attached hydrogens (primary N) is 1. The van der Waals surface area contributed by atoms with Crippen molar-refractivity contribution in [3.63, 3.8) is 0 Å². The number of anilines is 1. The van der Waals surface area contributed by atoms with Crippen LogP contribution in [-0.4, -0.2) is 18.6 Å². The van der Waals surface area contributed by atoms with Crippen LogP contribution in [-0.2, 0) is 0 Å². The van der Waals surface area contributed by atoms with Crippen molar-refractivity contribution >= 4 is 41.4 Å². The van der Waals surface area contributed by atoms with E-state index in [9.17, 15) is 0 Å². The van der Waals surface area contributed by atoms with Crippen molar-refractivity contribution in [2.24, 2.45) is 38.6 Å². The van der Waals surface area contributed by atoms with E-state index in [0.717, 1.165) is 22.7 Å². The largest absolute Gasteiger partial charge is 0.399 e. The average molecular weight is 581 g/mol. The summed E-state index contributed by atoms with van der Waals surface area (Å²) in [6.07, 6.45) is 16.0. The van der Waals surface area contributed by atoms with Crippen molar-refractivity contribution in [1.82, 2.24) is 0 Å². The number of aliphatic imine (C=N–C) groups is 3. The first-order valence-corrected chi connectivity index (χ1v) is 16.4. The summed E-state index contributed by atoms with van der Waals surface area (Å²) in [6, 6.07) is 38.0. The Hall–Kier alpha value is -4.31. The molecule has 1 atom stereocenters. The third-order valence-corrected chi connectivity index (χ3v) is 9.47. The molecule has 44 heavy (non-hydrogen) atoms. The third kappa shape index (κ3) is 8.19. The normalized spacial score (nSPS) is 23.4. The summed E-state index contributed by atoms with van der Waals surface area (Å²) >= 11 is 0. The minimum atomic E-state index is 0.355. The molecule has 0 aliphatic heterocycles. The molecule has 0 amide bonds. The molecule has 0 saturated heterocycles. The van der Waals surface area contributed by atoms with Gasteiger partial charge in [-0.3, -0.25) is 15.0 Å². The molecule has 0 aromatic heterocycles. The lowest BCUT2D eigenvalue weighted by atomic mass is 9.71. The van der Waals surface area contributed by atoms with E-state index in [1.165, 1.54) is 62.5 Å². The summed E-state index contributed by atoms with van der Waals surface area (Å²) in [5.74, 6) is 2.60. The van der Waals surface area contributed by atoms with Gasteiger partial charge in [-0.25, -0.2) is 0 Å². The van der Waals surface area contributed by atoms with Crippen molar-refractivity contribution in [2.45, 2.75) is 57.3 Å². The van der Waals surface area contributed by atoms with Crippen LogP contribution in [0.3, 0.4) is 0 Å². The molecule has 224 valence electrons. The van der Waals surface area contributed by atoms with Crippen LogP contribution >= 0.6 is 0 Å². The Morgan fingerprint density at radius 3 is 1.25 bits per heavy atom. The van der Waals surface area contributed by atoms with Gasteiger partial charge in [0, 0.05) is 30.2 Å². The third-order valence-electron chi connectivity index (χ3n) is 9.47. The predicted molar refractivity (Wildman–Crippen MR) is 187 cm³/mol. The Bertz CT molecular complexity index is 1510. The van der Waals surface area contributed by atoms with Gasteiger partial charge in [0.25, 0.3) is 0 Å². The lowest BCUT2D eigenvalue weighted by molar-refractivity contribution is 0.299. The Kier molecular flexibility index (Phi) is 10.1. The first-order valence-electron chi connectivity index (χ1n) is 16.4. The first kappa shape index (κ1) is 29.7. The maximum Gasteiger partial charge on any atom is 0.0626 e. The molecule has 2 aliphatic carbocycles. The average Bonchev–Trinajstić information content (AvgIpc) is 3.09. The predicted octanol–water partition coefficient (Wildman–Crippen LogP) is 10.5. The second-order valence-corrected chi connectivity index (χ2v) is 12.6. The minimum Gasteiger partial charge on any atom is -0.399 e. The molecule has 2 aliphatic rings. The molecular weight excluding hydrogens is 536 g/mol. The summed E-state index contributed by atoms with van der Waals surface area (Å²) < 4.78 is 0. The number of hydrogen-bond donors (Lipinski definition) is 1. The van der Waals surface area contributed by atoms with E-state index in [1.54, 1.807) is 0 Å². The van der Waals surface area contributed by atoms with Crippen LogP contribution in [0.4, 0.5) is 22.7 Å². The monoisotopic (exact) mass is 580 g/mol. The van der Waals surface area contributed by atoms with E-state index < -0.39 is 0 Å². The molecule has 4 nitrogen and oxygen atoms in total. The topological polar surface area (TPSA) is 63.1 Å². The Balaban J connectivity index is 1.07. The zero-order valence-corrected chi connectivity index (χ0v) is 25.6. The lowest BCUT2D eigenvalue weighted by Gasteiger charge is -2.33. The highest BCUT2D eigenvalue weighted by Crippen LogP contribution is 2.42. The van der Waals surface area contributed by atoms with Gasteiger partial charge in [0.2, 0.25) is 0 Å². The quantitative estimate of drug-likeness (QED) is 0.155. The Morgan fingerprint density at radius 2 is 0.818 bits per heavy atom. The number of rotatable bonds is 9. The van der Waals surface area contributed by atoms with Crippen LogP contribution in [0.25, 0.3) is 0 Å². The highest BCUT2D eigenvalue weighted by molar-refractivity contribution is 5.69. The molecule has 2 saturated carbocycles. The fourth-order valence-corrected chi connectivity index (χ4v) is 6.88. The van der Waals surface area contributed by atoms with Gasteiger partial charge in [0.1, 0.15) is 0 Å². The summed E-state index contributed by atoms with van der Waals surface area (Å²) in [5.41, 5.74) is 12.7. The SMILES string of the molecule is Nc1ccc(C(c2ccc(/N=C/C3CCC(/C=N/c4ccccc4)CC3)cc2)C2CCC(/C=N/c3ccccc3)CC2)cc1. The molecule has 0 spiro atoms. The number of benzene rings is 4.